The van der Waals surface area contributed by atoms with Crippen LogP contribution in [0.1, 0.15) is 37.8 Å². The quantitative estimate of drug-likeness (QED) is 0.682. The van der Waals surface area contributed by atoms with Crippen molar-refractivity contribution in [3.8, 4) is 0 Å². The zero-order valence-electron chi connectivity index (χ0n) is 7.01. The summed E-state index contributed by atoms with van der Waals surface area (Å²) in [5, 5.41) is 0. The highest BCUT2D eigenvalue weighted by Gasteiger charge is 2.03. The van der Waals surface area contributed by atoms with E-state index < -0.39 is 0 Å². The summed E-state index contributed by atoms with van der Waals surface area (Å²) in [6.45, 7) is 2.18. The Labute approximate surface area is 67.8 Å². The number of nitrogens with two attached hydrogens (primary N) is 1. The molecular weight excluding hydrogens is 136 g/mol. The van der Waals surface area contributed by atoms with Gasteiger partial charge in [-0.1, -0.05) is 19.8 Å². The molecule has 62 valence electrons. The molecule has 0 amide bonds. The van der Waals surface area contributed by atoms with E-state index in [4.69, 9.17) is 5.73 Å². The van der Waals surface area contributed by atoms with Crippen LogP contribution in [0, 0.1) is 0 Å². The van der Waals surface area contributed by atoms with Crippen LogP contribution < -0.4 is 5.73 Å². The molecule has 0 spiro atoms. The van der Waals surface area contributed by atoms with E-state index in [1.54, 1.807) is 0 Å². The highest BCUT2D eigenvalue weighted by atomic mass is 14.7. The lowest BCUT2D eigenvalue weighted by Crippen LogP contribution is -2.08. The number of hydrogen-bond donors (Lipinski definition) is 2. The average molecular weight is 152 g/mol. The van der Waals surface area contributed by atoms with E-state index in [0.29, 0.717) is 0 Å². The first-order valence-corrected chi connectivity index (χ1v) is 4.23. The maximum Gasteiger partial charge on any atom is 0.0309 e. The maximum absolute atomic E-state index is 5.91. The SMILES string of the molecule is CCCC[C@@H](N)c1cc[nH]c1. The molecule has 1 aromatic heterocycles. The second-order valence-corrected chi connectivity index (χ2v) is 2.89. The smallest absolute Gasteiger partial charge is 0.0309 e. The number of unbranched alkanes of at least 4 members (excludes halogenated alkanes) is 1. The van der Waals surface area contributed by atoms with E-state index in [2.05, 4.69) is 11.9 Å². The van der Waals surface area contributed by atoms with Gasteiger partial charge in [-0.15, -0.1) is 0 Å². The largest absolute Gasteiger partial charge is 0.367 e. The normalized spacial score (nSPS) is 13.3. The Hall–Kier alpha value is -0.760. The zero-order valence-corrected chi connectivity index (χ0v) is 7.01. The minimum atomic E-state index is 0.223. The van der Waals surface area contributed by atoms with Gasteiger partial charge in [-0.2, -0.15) is 0 Å². The summed E-state index contributed by atoms with van der Waals surface area (Å²) >= 11 is 0. The van der Waals surface area contributed by atoms with Crippen molar-refractivity contribution in [1.29, 1.82) is 0 Å². The van der Waals surface area contributed by atoms with E-state index >= 15 is 0 Å². The van der Waals surface area contributed by atoms with Crippen LogP contribution >= 0.6 is 0 Å². The minimum Gasteiger partial charge on any atom is -0.367 e. The van der Waals surface area contributed by atoms with Gasteiger partial charge in [0.15, 0.2) is 0 Å². The fourth-order valence-corrected chi connectivity index (χ4v) is 1.16. The van der Waals surface area contributed by atoms with Gasteiger partial charge in [0.05, 0.1) is 0 Å². The molecule has 0 bridgehead atoms. The molecule has 2 nitrogen and oxygen atoms in total. The van der Waals surface area contributed by atoms with Gasteiger partial charge in [-0.3, -0.25) is 0 Å². The van der Waals surface area contributed by atoms with Gasteiger partial charge in [0.25, 0.3) is 0 Å². The molecule has 1 atom stereocenters. The standard InChI is InChI=1S/C9H16N2/c1-2-3-4-9(10)8-5-6-11-7-8/h5-7,9,11H,2-4,10H2,1H3/t9-/m1/s1. The average Bonchev–Trinajstić information content (AvgIpc) is 2.52. The molecule has 0 saturated heterocycles. The molecule has 0 aliphatic rings. The van der Waals surface area contributed by atoms with Crippen molar-refractivity contribution < 1.29 is 0 Å². The van der Waals surface area contributed by atoms with Crippen LogP contribution in [0.4, 0.5) is 0 Å². The van der Waals surface area contributed by atoms with Gasteiger partial charge >= 0.3 is 0 Å². The van der Waals surface area contributed by atoms with Crippen LogP contribution in [0.25, 0.3) is 0 Å². The van der Waals surface area contributed by atoms with Crippen molar-refractivity contribution in [2.75, 3.05) is 0 Å². The van der Waals surface area contributed by atoms with Gasteiger partial charge in [0.1, 0.15) is 0 Å². The highest BCUT2D eigenvalue weighted by Crippen LogP contribution is 2.15. The van der Waals surface area contributed by atoms with E-state index in [-0.39, 0.29) is 6.04 Å². The Kier molecular flexibility index (Phi) is 3.17. The molecule has 0 aromatic carbocycles. The first kappa shape index (κ1) is 8.34. The van der Waals surface area contributed by atoms with Crippen LogP contribution in [0.2, 0.25) is 0 Å². The van der Waals surface area contributed by atoms with Crippen molar-refractivity contribution in [3.63, 3.8) is 0 Å². The molecule has 0 aliphatic carbocycles. The van der Waals surface area contributed by atoms with Gasteiger partial charge in [-0.05, 0) is 18.1 Å². The Bertz CT molecular complexity index is 179. The number of H-pyrrole nitrogens is 1. The highest BCUT2D eigenvalue weighted by molar-refractivity contribution is 5.12. The molecule has 0 unspecified atom stereocenters. The predicted molar refractivity (Wildman–Crippen MR) is 47.2 cm³/mol. The molecule has 0 radical (unpaired) electrons. The summed E-state index contributed by atoms with van der Waals surface area (Å²) in [5.41, 5.74) is 7.13. The summed E-state index contributed by atoms with van der Waals surface area (Å²) in [4.78, 5) is 3.01. The summed E-state index contributed by atoms with van der Waals surface area (Å²) in [6, 6.07) is 2.27. The van der Waals surface area contributed by atoms with Gasteiger partial charge < -0.3 is 10.7 Å². The van der Waals surface area contributed by atoms with Crippen LogP contribution in [0.15, 0.2) is 18.5 Å². The van der Waals surface area contributed by atoms with Gasteiger partial charge in [0.2, 0.25) is 0 Å². The number of aromatic amines is 1. The van der Waals surface area contributed by atoms with Crippen molar-refractivity contribution in [3.05, 3.63) is 24.0 Å². The molecule has 1 rings (SSSR count). The van der Waals surface area contributed by atoms with E-state index in [0.717, 1.165) is 6.42 Å². The molecule has 0 aliphatic heterocycles. The summed E-state index contributed by atoms with van der Waals surface area (Å²) < 4.78 is 0. The third-order valence-corrected chi connectivity index (χ3v) is 1.92. The van der Waals surface area contributed by atoms with Crippen LogP contribution in [0.3, 0.4) is 0 Å². The molecular formula is C9H16N2. The van der Waals surface area contributed by atoms with Crippen molar-refractivity contribution in [1.82, 2.24) is 4.98 Å². The molecule has 2 heteroatoms. The lowest BCUT2D eigenvalue weighted by Gasteiger charge is -2.07. The van der Waals surface area contributed by atoms with E-state index in [1.165, 1.54) is 18.4 Å². The number of nitrogens with one attached hydrogen (secondary N) is 1. The van der Waals surface area contributed by atoms with Crippen LogP contribution in [-0.2, 0) is 0 Å². The molecule has 0 saturated carbocycles. The summed E-state index contributed by atoms with van der Waals surface area (Å²) in [6.07, 6.45) is 7.42. The fraction of sp³-hybridized carbons (Fsp3) is 0.556. The molecule has 11 heavy (non-hydrogen) atoms. The first-order valence-electron chi connectivity index (χ1n) is 4.23. The summed E-state index contributed by atoms with van der Waals surface area (Å²) in [7, 11) is 0. The number of rotatable bonds is 4. The number of hydrogen-bond acceptors (Lipinski definition) is 1. The van der Waals surface area contributed by atoms with Gasteiger partial charge in [-0.25, -0.2) is 0 Å². The molecule has 1 aromatic rings. The van der Waals surface area contributed by atoms with Gasteiger partial charge in [0, 0.05) is 18.4 Å². The summed E-state index contributed by atoms with van der Waals surface area (Å²) in [5.74, 6) is 0. The molecule has 1 heterocycles. The Morgan fingerprint density at radius 1 is 1.64 bits per heavy atom. The maximum atomic E-state index is 5.91. The lowest BCUT2D eigenvalue weighted by atomic mass is 10.1. The Morgan fingerprint density at radius 2 is 2.45 bits per heavy atom. The van der Waals surface area contributed by atoms with Crippen molar-refractivity contribution in [2.45, 2.75) is 32.2 Å². The van der Waals surface area contributed by atoms with E-state index in [9.17, 15) is 0 Å². The zero-order chi connectivity index (χ0) is 8.10. The number of aromatic nitrogens is 1. The third-order valence-electron chi connectivity index (χ3n) is 1.92. The second-order valence-electron chi connectivity index (χ2n) is 2.89. The topological polar surface area (TPSA) is 41.8 Å². The molecule has 0 fully saturated rings. The van der Waals surface area contributed by atoms with E-state index in [1.807, 2.05) is 18.5 Å². The Balaban J connectivity index is 2.36. The Morgan fingerprint density at radius 3 is 3.00 bits per heavy atom. The van der Waals surface area contributed by atoms with Crippen LogP contribution in [0.5, 0.6) is 0 Å². The first-order chi connectivity index (χ1) is 5.34. The fourth-order valence-electron chi connectivity index (χ4n) is 1.16. The minimum absolute atomic E-state index is 0.223. The molecule has 3 N–H and O–H groups in total. The monoisotopic (exact) mass is 152 g/mol. The predicted octanol–water partition coefficient (Wildman–Crippen LogP) is 2.20. The van der Waals surface area contributed by atoms with Crippen LogP contribution in [-0.4, -0.2) is 4.98 Å². The third kappa shape index (κ3) is 2.39. The van der Waals surface area contributed by atoms with Crippen molar-refractivity contribution >= 4 is 0 Å². The van der Waals surface area contributed by atoms with Crippen molar-refractivity contribution in [2.24, 2.45) is 5.73 Å². The lowest BCUT2D eigenvalue weighted by molar-refractivity contribution is 0.604. The second kappa shape index (κ2) is 4.19.